The molecule has 24 heavy (non-hydrogen) atoms. The zero-order chi connectivity index (χ0) is 17.3. The Morgan fingerprint density at radius 3 is 1.96 bits per heavy atom. The molecule has 0 aliphatic carbocycles. The van der Waals surface area contributed by atoms with Crippen molar-refractivity contribution in [3.05, 3.63) is 71.3 Å². The van der Waals surface area contributed by atoms with Crippen LogP contribution in [0.1, 0.15) is 39.2 Å². The summed E-state index contributed by atoms with van der Waals surface area (Å²) in [6.07, 6.45) is -1.21. The van der Waals surface area contributed by atoms with Crippen molar-refractivity contribution in [2.75, 3.05) is 0 Å². The fraction of sp³-hybridized carbons (Fsp3) is 0.167. The number of nitrogens with one attached hydrogen (secondary N) is 1. The SMILES string of the molecule is C[C@H](NC(=O)O)[C@H](c1ccccc1)N1C(=O)c2ccccc2C1=O. The molecule has 0 saturated heterocycles. The number of carbonyl (C=O) groups excluding carboxylic acids is 2. The topological polar surface area (TPSA) is 86.7 Å². The summed E-state index contributed by atoms with van der Waals surface area (Å²) in [4.78, 5) is 37.7. The average molecular weight is 324 g/mol. The molecule has 2 aromatic carbocycles. The highest BCUT2D eigenvalue weighted by atomic mass is 16.4. The highest BCUT2D eigenvalue weighted by Gasteiger charge is 2.42. The Morgan fingerprint density at radius 1 is 0.958 bits per heavy atom. The summed E-state index contributed by atoms with van der Waals surface area (Å²) < 4.78 is 0. The third-order valence-corrected chi connectivity index (χ3v) is 4.07. The lowest BCUT2D eigenvalue weighted by molar-refractivity contribution is 0.0547. The first-order chi connectivity index (χ1) is 11.5. The normalized spacial score (nSPS) is 15.8. The maximum Gasteiger partial charge on any atom is 0.404 e. The summed E-state index contributed by atoms with van der Waals surface area (Å²) in [6.45, 7) is 1.63. The highest BCUT2D eigenvalue weighted by Crippen LogP contribution is 2.33. The summed E-state index contributed by atoms with van der Waals surface area (Å²) in [5.74, 6) is -0.827. The lowest BCUT2D eigenvalue weighted by Crippen LogP contribution is -2.46. The summed E-state index contributed by atoms with van der Waals surface area (Å²) in [5.41, 5.74) is 1.37. The van der Waals surface area contributed by atoms with Crippen molar-refractivity contribution < 1.29 is 19.5 Å². The van der Waals surface area contributed by atoms with Gasteiger partial charge in [-0.05, 0) is 24.6 Å². The van der Waals surface area contributed by atoms with Crippen LogP contribution in [0.3, 0.4) is 0 Å². The molecule has 3 amide bonds. The van der Waals surface area contributed by atoms with Crippen LogP contribution in [-0.4, -0.2) is 34.0 Å². The van der Waals surface area contributed by atoms with E-state index in [0.29, 0.717) is 16.7 Å². The smallest absolute Gasteiger partial charge is 0.404 e. The number of fused-ring (bicyclic) bond motifs is 1. The second-order valence-electron chi connectivity index (χ2n) is 5.62. The fourth-order valence-electron chi connectivity index (χ4n) is 3.05. The maximum atomic E-state index is 12.7. The van der Waals surface area contributed by atoms with E-state index in [9.17, 15) is 14.4 Å². The van der Waals surface area contributed by atoms with Gasteiger partial charge >= 0.3 is 6.09 Å². The number of nitrogens with zero attached hydrogens (tertiary/aromatic N) is 1. The predicted octanol–water partition coefficient (Wildman–Crippen LogP) is 2.68. The van der Waals surface area contributed by atoms with E-state index in [-0.39, 0.29) is 0 Å². The van der Waals surface area contributed by atoms with Crippen molar-refractivity contribution >= 4 is 17.9 Å². The Labute approximate surface area is 138 Å². The first-order valence-corrected chi connectivity index (χ1v) is 7.52. The Hall–Kier alpha value is -3.15. The number of carbonyl (C=O) groups is 3. The number of amides is 3. The molecule has 0 spiro atoms. The van der Waals surface area contributed by atoms with Crippen LogP contribution in [0.2, 0.25) is 0 Å². The molecule has 0 saturated carbocycles. The highest BCUT2D eigenvalue weighted by molar-refractivity contribution is 6.21. The molecule has 0 radical (unpaired) electrons. The molecule has 2 atom stereocenters. The Kier molecular flexibility index (Phi) is 4.04. The molecule has 0 bridgehead atoms. The Morgan fingerprint density at radius 2 is 1.46 bits per heavy atom. The van der Waals surface area contributed by atoms with Crippen molar-refractivity contribution in [3.63, 3.8) is 0 Å². The molecule has 3 rings (SSSR count). The van der Waals surface area contributed by atoms with Gasteiger partial charge in [0, 0.05) is 0 Å². The lowest BCUT2D eigenvalue weighted by atomic mass is 9.98. The van der Waals surface area contributed by atoms with Gasteiger partial charge in [0.15, 0.2) is 0 Å². The minimum absolute atomic E-state index is 0.339. The Balaban J connectivity index is 2.05. The standard InChI is InChI=1S/C18H16N2O4/c1-11(19-18(23)24)15(12-7-3-2-4-8-12)20-16(21)13-9-5-6-10-14(13)17(20)22/h2-11,15,19H,1H3,(H,23,24)/t11-,15+/m0/s1. The Bertz CT molecular complexity index is 769. The first-order valence-electron chi connectivity index (χ1n) is 7.52. The second kappa shape index (κ2) is 6.16. The van der Waals surface area contributed by atoms with E-state index in [0.717, 1.165) is 4.90 Å². The molecule has 0 fully saturated rings. The van der Waals surface area contributed by atoms with E-state index in [1.807, 2.05) is 6.07 Å². The zero-order valence-corrected chi connectivity index (χ0v) is 13.0. The molecule has 122 valence electrons. The minimum Gasteiger partial charge on any atom is -0.465 e. The third kappa shape index (κ3) is 2.62. The first kappa shape index (κ1) is 15.7. The molecule has 1 aliphatic rings. The number of carboxylic acid groups (broad SMARTS) is 1. The van der Waals surface area contributed by atoms with Gasteiger partial charge in [0.25, 0.3) is 11.8 Å². The number of rotatable bonds is 4. The summed E-state index contributed by atoms with van der Waals surface area (Å²) >= 11 is 0. The number of benzene rings is 2. The van der Waals surface area contributed by atoms with Crippen LogP contribution in [0.4, 0.5) is 4.79 Å². The van der Waals surface area contributed by atoms with Gasteiger partial charge in [-0.1, -0.05) is 42.5 Å². The van der Waals surface area contributed by atoms with E-state index >= 15 is 0 Å². The van der Waals surface area contributed by atoms with Gasteiger partial charge in [-0.3, -0.25) is 14.5 Å². The number of hydrogen-bond donors (Lipinski definition) is 2. The van der Waals surface area contributed by atoms with Gasteiger partial charge in [0.05, 0.1) is 23.2 Å². The molecule has 2 N–H and O–H groups in total. The lowest BCUT2D eigenvalue weighted by Gasteiger charge is -2.31. The van der Waals surface area contributed by atoms with Gasteiger partial charge < -0.3 is 10.4 Å². The molecule has 6 nitrogen and oxygen atoms in total. The van der Waals surface area contributed by atoms with E-state index < -0.39 is 30.0 Å². The maximum absolute atomic E-state index is 12.7. The van der Waals surface area contributed by atoms with E-state index in [1.165, 1.54) is 0 Å². The van der Waals surface area contributed by atoms with Gasteiger partial charge in [0.1, 0.15) is 0 Å². The molecular weight excluding hydrogens is 308 g/mol. The average Bonchev–Trinajstić information content (AvgIpc) is 2.81. The molecule has 0 aromatic heterocycles. The van der Waals surface area contributed by atoms with Crippen LogP contribution in [-0.2, 0) is 0 Å². The van der Waals surface area contributed by atoms with Gasteiger partial charge in [-0.15, -0.1) is 0 Å². The van der Waals surface area contributed by atoms with Crippen LogP contribution < -0.4 is 5.32 Å². The monoisotopic (exact) mass is 324 g/mol. The van der Waals surface area contributed by atoms with Gasteiger partial charge in [0.2, 0.25) is 0 Å². The molecule has 0 unspecified atom stereocenters. The predicted molar refractivity (Wildman–Crippen MR) is 86.7 cm³/mol. The van der Waals surface area contributed by atoms with Gasteiger partial charge in [-0.25, -0.2) is 4.79 Å². The quantitative estimate of drug-likeness (QED) is 0.847. The molecular formula is C18H16N2O4. The van der Waals surface area contributed by atoms with E-state index in [2.05, 4.69) is 5.32 Å². The van der Waals surface area contributed by atoms with Gasteiger partial charge in [-0.2, -0.15) is 0 Å². The largest absolute Gasteiger partial charge is 0.465 e. The van der Waals surface area contributed by atoms with Crippen LogP contribution in [0.5, 0.6) is 0 Å². The summed E-state index contributed by atoms with van der Waals surface area (Å²) in [5, 5.41) is 11.4. The van der Waals surface area contributed by atoms with Crippen LogP contribution in [0.15, 0.2) is 54.6 Å². The van der Waals surface area contributed by atoms with Crippen LogP contribution in [0.25, 0.3) is 0 Å². The third-order valence-electron chi connectivity index (χ3n) is 4.07. The fourth-order valence-corrected chi connectivity index (χ4v) is 3.05. The van der Waals surface area contributed by atoms with Crippen molar-refractivity contribution in [2.45, 2.75) is 19.0 Å². The molecule has 2 aromatic rings. The van der Waals surface area contributed by atoms with Crippen molar-refractivity contribution in [3.8, 4) is 0 Å². The summed E-state index contributed by atoms with van der Waals surface area (Å²) in [7, 11) is 0. The number of hydrogen-bond acceptors (Lipinski definition) is 3. The van der Waals surface area contributed by atoms with Crippen LogP contribution >= 0.6 is 0 Å². The number of imide groups is 1. The van der Waals surface area contributed by atoms with E-state index in [1.54, 1.807) is 55.5 Å². The van der Waals surface area contributed by atoms with E-state index in [4.69, 9.17) is 5.11 Å². The van der Waals surface area contributed by atoms with Crippen LogP contribution in [0, 0.1) is 0 Å². The molecule has 1 heterocycles. The second-order valence-corrected chi connectivity index (χ2v) is 5.62. The molecule has 6 heteroatoms. The minimum atomic E-state index is -1.21. The van der Waals surface area contributed by atoms with Crippen molar-refractivity contribution in [1.82, 2.24) is 10.2 Å². The summed E-state index contributed by atoms with van der Waals surface area (Å²) in [6, 6.07) is 14.2. The van der Waals surface area contributed by atoms with Crippen molar-refractivity contribution in [2.24, 2.45) is 0 Å². The van der Waals surface area contributed by atoms with Crippen molar-refractivity contribution in [1.29, 1.82) is 0 Å². The molecule has 1 aliphatic heterocycles. The zero-order valence-electron chi connectivity index (χ0n) is 13.0.